The van der Waals surface area contributed by atoms with Crippen LogP contribution in [0, 0.1) is 5.92 Å². The van der Waals surface area contributed by atoms with Gasteiger partial charge in [0.05, 0.1) is 0 Å². The van der Waals surface area contributed by atoms with Crippen molar-refractivity contribution in [3.8, 4) is 0 Å². The molecule has 2 aromatic rings. The first-order chi connectivity index (χ1) is 10.0. The second kappa shape index (κ2) is 5.72. The van der Waals surface area contributed by atoms with Gasteiger partial charge in [0.1, 0.15) is 0 Å². The minimum Gasteiger partial charge on any atom is -0.385 e. The summed E-state index contributed by atoms with van der Waals surface area (Å²) in [5.41, 5.74) is 5.51. The van der Waals surface area contributed by atoms with Gasteiger partial charge in [0, 0.05) is 34.9 Å². The van der Waals surface area contributed by atoms with E-state index >= 15 is 0 Å². The van der Waals surface area contributed by atoms with E-state index in [2.05, 4.69) is 61.3 Å². The molecular formula is C18H27N3. The number of H-pyrrole nitrogens is 1. The lowest BCUT2D eigenvalue weighted by atomic mass is 9.91. The van der Waals surface area contributed by atoms with Crippen molar-refractivity contribution in [3.63, 3.8) is 0 Å². The molecule has 2 N–H and O–H groups in total. The number of benzene rings is 1. The fourth-order valence-electron chi connectivity index (χ4n) is 3.27. The highest BCUT2D eigenvalue weighted by Crippen LogP contribution is 2.32. The van der Waals surface area contributed by atoms with Crippen LogP contribution in [0.1, 0.15) is 31.5 Å². The molecule has 0 spiro atoms. The standard InChI is InChI=1S/C18H27N3/c1-12(2)11-19-13-5-7-17-15(9-13)16-10-14(21(3)4)6-8-18(16)20-17/h5,7,9,12,14,19-20H,6,8,10-11H2,1-4H3. The van der Waals surface area contributed by atoms with E-state index in [9.17, 15) is 0 Å². The Morgan fingerprint density at radius 1 is 1.33 bits per heavy atom. The normalized spacial score (nSPS) is 18.5. The van der Waals surface area contributed by atoms with Gasteiger partial charge in [-0.2, -0.15) is 0 Å². The molecule has 1 aliphatic rings. The van der Waals surface area contributed by atoms with Crippen LogP contribution in [-0.2, 0) is 12.8 Å². The fraction of sp³-hybridized carbons (Fsp3) is 0.556. The average Bonchev–Trinajstić information content (AvgIpc) is 2.82. The second-order valence-corrected chi connectivity index (χ2v) is 6.98. The predicted molar refractivity (Wildman–Crippen MR) is 91.1 cm³/mol. The molecule has 0 aliphatic heterocycles. The summed E-state index contributed by atoms with van der Waals surface area (Å²) < 4.78 is 0. The molecular weight excluding hydrogens is 258 g/mol. The number of nitrogens with zero attached hydrogens (tertiary/aromatic N) is 1. The Kier molecular flexibility index (Phi) is 3.94. The van der Waals surface area contributed by atoms with Crippen LogP contribution in [0.2, 0.25) is 0 Å². The number of aromatic amines is 1. The number of rotatable bonds is 4. The minimum absolute atomic E-state index is 0.666. The molecule has 1 aromatic carbocycles. The zero-order valence-electron chi connectivity index (χ0n) is 13.7. The Hall–Kier alpha value is -1.48. The molecule has 1 unspecified atom stereocenters. The third kappa shape index (κ3) is 2.93. The largest absolute Gasteiger partial charge is 0.385 e. The van der Waals surface area contributed by atoms with Gasteiger partial charge in [0.2, 0.25) is 0 Å². The van der Waals surface area contributed by atoms with Gasteiger partial charge in [-0.15, -0.1) is 0 Å². The number of nitrogens with one attached hydrogen (secondary N) is 2. The highest BCUT2D eigenvalue weighted by Gasteiger charge is 2.23. The Labute approximate surface area is 127 Å². The summed E-state index contributed by atoms with van der Waals surface area (Å²) in [5.74, 6) is 0.666. The van der Waals surface area contributed by atoms with Crippen molar-refractivity contribution < 1.29 is 0 Å². The van der Waals surface area contributed by atoms with E-state index < -0.39 is 0 Å². The summed E-state index contributed by atoms with van der Waals surface area (Å²) in [6.45, 7) is 5.51. The maximum atomic E-state index is 3.62. The number of likely N-dealkylation sites (N-methyl/N-ethyl adjacent to an activating group) is 1. The number of aryl methyl sites for hydroxylation is 1. The van der Waals surface area contributed by atoms with E-state index in [1.807, 2.05) is 0 Å². The number of fused-ring (bicyclic) bond motifs is 3. The van der Waals surface area contributed by atoms with Gasteiger partial charge in [-0.25, -0.2) is 0 Å². The van der Waals surface area contributed by atoms with Crippen molar-refractivity contribution in [1.82, 2.24) is 9.88 Å². The molecule has 0 amide bonds. The molecule has 21 heavy (non-hydrogen) atoms. The van der Waals surface area contributed by atoms with Crippen molar-refractivity contribution in [3.05, 3.63) is 29.5 Å². The van der Waals surface area contributed by atoms with Gasteiger partial charge in [-0.1, -0.05) is 13.8 Å². The number of hydrogen-bond donors (Lipinski definition) is 2. The predicted octanol–water partition coefficient (Wildman–Crippen LogP) is 3.65. The van der Waals surface area contributed by atoms with Crippen LogP contribution >= 0.6 is 0 Å². The maximum absolute atomic E-state index is 3.62. The summed E-state index contributed by atoms with van der Waals surface area (Å²) in [5, 5.41) is 4.95. The summed E-state index contributed by atoms with van der Waals surface area (Å²) in [6, 6.07) is 7.41. The van der Waals surface area contributed by atoms with E-state index in [0.29, 0.717) is 12.0 Å². The Morgan fingerprint density at radius 3 is 2.86 bits per heavy atom. The van der Waals surface area contributed by atoms with E-state index in [4.69, 9.17) is 0 Å². The molecule has 1 atom stereocenters. The van der Waals surface area contributed by atoms with Crippen molar-refractivity contribution in [2.75, 3.05) is 26.0 Å². The number of aromatic nitrogens is 1. The van der Waals surface area contributed by atoms with Gasteiger partial charge < -0.3 is 15.2 Å². The number of anilines is 1. The van der Waals surface area contributed by atoms with Crippen molar-refractivity contribution in [1.29, 1.82) is 0 Å². The molecule has 1 heterocycles. The molecule has 0 saturated carbocycles. The maximum Gasteiger partial charge on any atom is 0.0460 e. The van der Waals surface area contributed by atoms with Crippen LogP contribution in [0.15, 0.2) is 18.2 Å². The van der Waals surface area contributed by atoms with Crippen molar-refractivity contribution >= 4 is 16.6 Å². The van der Waals surface area contributed by atoms with Crippen molar-refractivity contribution in [2.45, 2.75) is 39.2 Å². The molecule has 0 radical (unpaired) electrons. The van der Waals surface area contributed by atoms with Gasteiger partial charge >= 0.3 is 0 Å². The van der Waals surface area contributed by atoms with Crippen molar-refractivity contribution in [2.24, 2.45) is 5.92 Å². The third-order valence-corrected chi connectivity index (χ3v) is 4.61. The van der Waals surface area contributed by atoms with E-state index in [1.165, 1.54) is 40.7 Å². The lowest BCUT2D eigenvalue weighted by molar-refractivity contribution is 0.268. The SMILES string of the molecule is CC(C)CNc1ccc2[nH]c3c(c2c1)CC(N(C)C)CC3. The second-order valence-electron chi connectivity index (χ2n) is 6.98. The van der Waals surface area contributed by atoms with Crippen LogP contribution in [0.25, 0.3) is 10.9 Å². The summed E-state index contributed by atoms with van der Waals surface area (Å²) in [6.07, 6.45) is 3.59. The van der Waals surface area contributed by atoms with Crippen LogP contribution in [0.4, 0.5) is 5.69 Å². The van der Waals surface area contributed by atoms with E-state index in [1.54, 1.807) is 0 Å². The quantitative estimate of drug-likeness (QED) is 0.898. The highest BCUT2D eigenvalue weighted by atomic mass is 15.1. The van der Waals surface area contributed by atoms with Crippen LogP contribution < -0.4 is 5.32 Å². The van der Waals surface area contributed by atoms with E-state index in [-0.39, 0.29) is 0 Å². The zero-order chi connectivity index (χ0) is 15.0. The lowest BCUT2D eigenvalue weighted by Crippen LogP contribution is -2.33. The third-order valence-electron chi connectivity index (χ3n) is 4.61. The van der Waals surface area contributed by atoms with Gasteiger partial charge in [-0.05, 0) is 63.0 Å². The minimum atomic E-state index is 0.666. The molecule has 1 aromatic heterocycles. The summed E-state index contributed by atoms with van der Waals surface area (Å²) in [4.78, 5) is 5.99. The van der Waals surface area contributed by atoms with Crippen LogP contribution in [0.3, 0.4) is 0 Å². The fourth-order valence-corrected chi connectivity index (χ4v) is 3.27. The topological polar surface area (TPSA) is 31.1 Å². The molecule has 0 bridgehead atoms. The smallest absolute Gasteiger partial charge is 0.0460 e. The number of hydrogen-bond acceptors (Lipinski definition) is 2. The highest BCUT2D eigenvalue weighted by molar-refractivity contribution is 5.88. The zero-order valence-corrected chi connectivity index (χ0v) is 13.7. The average molecular weight is 285 g/mol. The van der Waals surface area contributed by atoms with Crippen LogP contribution in [0.5, 0.6) is 0 Å². The van der Waals surface area contributed by atoms with Crippen LogP contribution in [-0.4, -0.2) is 36.6 Å². The Morgan fingerprint density at radius 2 is 2.14 bits per heavy atom. The Bertz CT molecular complexity index is 625. The molecule has 3 nitrogen and oxygen atoms in total. The van der Waals surface area contributed by atoms with Gasteiger partial charge in [0.15, 0.2) is 0 Å². The first-order valence-electron chi connectivity index (χ1n) is 8.08. The monoisotopic (exact) mass is 285 g/mol. The molecule has 3 rings (SSSR count). The Balaban J connectivity index is 1.92. The first-order valence-corrected chi connectivity index (χ1v) is 8.08. The molecule has 3 heteroatoms. The van der Waals surface area contributed by atoms with Gasteiger partial charge in [0.25, 0.3) is 0 Å². The molecule has 0 fully saturated rings. The first kappa shape index (κ1) is 14.5. The lowest BCUT2D eigenvalue weighted by Gasteiger charge is -2.28. The molecule has 0 saturated heterocycles. The summed E-state index contributed by atoms with van der Waals surface area (Å²) in [7, 11) is 4.39. The molecule has 1 aliphatic carbocycles. The van der Waals surface area contributed by atoms with E-state index in [0.717, 1.165) is 13.0 Å². The molecule has 114 valence electrons. The van der Waals surface area contributed by atoms with Gasteiger partial charge in [-0.3, -0.25) is 0 Å². The summed E-state index contributed by atoms with van der Waals surface area (Å²) >= 11 is 0.